The highest BCUT2D eigenvalue weighted by Gasteiger charge is 2.15. The van der Waals surface area contributed by atoms with Gasteiger partial charge in [-0.05, 0) is 45.4 Å². The number of methoxy groups -OCH3 is 1. The lowest BCUT2D eigenvalue weighted by molar-refractivity contribution is -0.137. The van der Waals surface area contributed by atoms with E-state index in [0.29, 0.717) is 25.6 Å². The van der Waals surface area contributed by atoms with Crippen molar-refractivity contribution in [3.63, 3.8) is 0 Å². The monoisotopic (exact) mass is 336 g/mol. The predicted octanol–water partition coefficient (Wildman–Crippen LogP) is 3.77. The van der Waals surface area contributed by atoms with E-state index in [2.05, 4.69) is 0 Å². The minimum absolute atomic E-state index is 0.0275. The molecule has 0 N–H and O–H groups in total. The minimum atomic E-state index is -0.379. The van der Waals surface area contributed by atoms with E-state index in [1.165, 1.54) is 6.08 Å². The second-order valence-corrected chi connectivity index (χ2v) is 5.52. The molecule has 134 valence electrons. The standard InChI is InChI=1S/C19H28O5/c1-6-22-19(20)11-10-17-16(15(4)23-13-12-21-5)8-7-9-18(17)24-14(2)3/h7-11,14-15H,6,12-13H2,1-5H3/b11-10+/t15-/m1/s1. The number of hydrogen-bond acceptors (Lipinski definition) is 5. The molecule has 5 nitrogen and oxygen atoms in total. The molecule has 0 fully saturated rings. The van der Waals surface area contributed by atoms with Gasteiger partial charge in [0.2, 0.25) is 0 Å². The average molecular weight is 336 g/mol. The second kappa shape index (κ2) is 10.8. The van der Waals surface area contributed by atoms with Crippen molar-refractivity contribution in [3.05, 3.63) is 35.4 Å². The van der Waals surface area contributed by atoms with Gasteiger partial charge >= 0.3 is 5.97 Å². The lowest BCUT2D eigenvalue weighted by Gasteiger charge is -2.20. The first-order valence-electron chi connectivity index (χ1n) is 8.24. The fourth-order valence-corrected chi connectivity index (χ4v) is 2.19. The molecule has 0 bridgehead atoms. The third-order valence-electron chi connectivity index (χ3n) is 3.23. The molecule has 0 saturated heterocycles. The summed E-state index contributed by atoms with van der Waals surface area (Å²) in [5.41, 5.74) is 1.77. The molecule has 1 aromatic rings. The van der Waals surface area contributed by atoms with Crippen molar-refractivity contribution in [3.8, 4) is 5.75 Å². The maximum atomic E-state index is 11.6. The molecule has 0 heterocycles. The first-order chi connectivity index (χ1) is 11.5. The van der Waals surface area contributed by atoms with Crippen LogP contribution < -0.4 is 4.74 Å². The van der Waals surface area contributed by atoms with E-state index < -0.39 is 0 Å². The highest BCUT2D eigenvalue weighted by Crippen LogP contribution is 2.30. The van der Waals surface area contributed by atoms with Gasteiger partial charge in [0.1, 0.15) is 5.75 Å². The summed E-state index contributed by atoms with van der Waals surface area (Å²) in [7, 11) is 1.64. The molecule has 0 aliphatic rings. The molecule has 0 aromatic heterocycles. The number of hydrogen-bond donors (Lipinski definition) is 0. The van der Waals surface area contributed by atoms with E-state index >= 15 is 0 Å². The zero-order valence-electron chi connectivity index (χ0n) is 15.2. The highest BCUT2D eigenvalue weighted by atomic mass is 16.5. The average Bonchev–Trinajstić information content (AvgIpc) is 2.53. The van der Waals surface area contributed by atoms with Gasteiger partial charge in [-0.15, -0.1) is 0 Å². The topological polar surface area (TPSA) is 54.0 Å². The molecule has 0 saturated carbocycles. The molecule has 1 aromatic carbocycles. The second-order valence-electron chi connectivity index (χ2n) is 5.52. The van der Waals surface area contributed by atoms with E-state index in [0.717, 1.165) is 11.1 Å². The Kier molecular flexibility index (Phi) is 9.12. The largest absolute Gasteiger partial charge is 0.490 e. The van der Waals surface area contributed by atoms with Crippen LogP contribution in [-0.2, 0) is 19.0 Å². The zero-order valence-corrected chi connectivity index (χ0v) is 15.2. The van der Waals surface area contributed by atoms with Crippen molar-refractivity contribution in [1.82, 2.24) is 0 Å². The van der Waals surface area contributed by atoms with Gasteiger partial charge in [0.15, 0.2) is 0 Å². The third kappa shape index (κ3) is 6.72. The van der Waals surface area contributed by atoms with Crippen molar-refractivity contribution in [2.45, 2.75) is 39.9 Å². The molecule has 5 heteroatoms. The summed E-state index contributed by atoms with van der Waals surface area (Å²) in [6, 6.07) is 5.77. The summed E-state index contributed by atoms with van der Waals surface area (Å²) in [6.45, 7) is 9.03. The number of carbonyl (C=O) groups is 1. The molecular formula is C19H28O5. The molecule has 1 rings (SSSR count). The van der Waals surface area contributed by atoms with Crippen LogP contribution in [0, 0.1) is 0 Å². The van der Waals surface area contributed by atoms with Gasteiger partial charge in [0.05, 0.1) is 32.0 Å². The Hall–Kier alpha value is -1.85. The summed E-state index contributed by atoms with van der Waals surface area (Å²) in [6.07, 6.45) is 3.01. The third-order valence-corrected chi connectivity index (χ3v) is 3.23. The van der Waals surface area contributed by atoms with Crippen molar-refractivity contribution in [2.24, 2.45) is 0 Å². The van der Waals surface area contributed by atoms with Crippen LogP contribution in [0.5, 0.6) is 5.75 Å². The Morgan fingerprint density at radius 2 is 1.96 bits per heavy atom. The summed E-state index contributed by atoms with van der Waals surface area (Å²) in [4.78, 5) is 11.6. The Bertz CT molecular complexity index is 537. The van der Waals surface area contributed by atoms with Crippen molar-refractivity contribution < 1.29 is 23.7 Å². The van der Waals surface area contributed by atoms with E-state index in [1.54, 1.807) is 20.1 Å². The van der Waals surface area contributed by atoms with E-state index in [9.17, 15) is 4.79 Å². The molecular weight excluding hydrogens is 308 g/mol. The van der Waals surface area contributed by atoms with Gasteiger partial charge in [-0.25, -0.2) is 4.79 Å². The van der Waals surface area contributed by atoms with Crippen LogP contribution in [0.25, 0.3) is 6.08 Å². The predicted molar refractivity (Wildman–Crippen MR) is 94.1 cm³/mol. The first-order valence-corrected chi connectivity index (χ1v) is 8.24. The molecule has 1 atom stereocenters. The summed E-state index contributed by atoms with van der Waals surface area (Å²) in [5, 5.41) is 0. The maximum Gasteiger partial charge on any atom is 0.330 e. The Morgan fingerprint density at radius 3 is 2.58 bits per heavy atom. The van der Waals surface area contributed by atoms with Gasteiger partial charge < -0.3 is 18.9 Å². The molecule has 0 unspecified atom stereocenters. The quantitative estimate of drug-likeness (QED) is 0.370. The SMILES string of the molecule is CCOC(=O)/C=C/c1c(OC(C)C)cccc1[C@@H](C)OCCOC. The Morgan fingerprint density at radius 1 is 1.21 bits per heavy atom. The number of esters is 1. The normalized spacial score (nSPS) is 12.6. The van der Waals surface area contributed by atoms with Crippen LogP contribution in [0.3, 0.4) is 0 Å². The van der Waals surface area contributed by atoms with Crippen molar-refractivity contribution >= 4 is 12.0 Å². The van der Waals surface area contributed by atoms with Gasteiger partial charge in [-0.2, -0.15) is 0 Å². The lowest BCUT2D eigenvalue weighted by atomic mass is 10.0. The molecule has 0 spiro atoms. The maximum absolute atomic E-state index is 11.6. The summed E-state index contributed by atoms with van der Waals surface area (Å²) in [5.74, 6) is 0.334. The summed E-state index contributed by atoms with van der Waals surface area (Å²) < 4.78 is 21.6. The van der Waals surface area contributed by atoms with Gasteiger partial charge in [0, 0.05) is 18.7 Å². The van der Waals surface area contributed by atoms with E-state index in [4.69, 9.17) is 18.9 Å². The van der Waals surface area contributed by atoms with Crippen LogP contribution in [0.15, 0.2) is 24.3 Å². The van der Waals surface area contributed by atoms with Crippen molar-refractivity contribution in [1.29, 1.82) is 0 Å². The molecule has 24 heavy (non-hydrogen) atoms. The number of benzene rings is 1. The van der Waals surface area contributed by atoms with Crippen molar-refractivity contribution in [2.75, 3.05) is 26.9 Å². The van der Waals surface area contributed by atoms with Crippen LogP contribution in [0.1, 0.15) is 44.9 Å². The van der Waals surface area contributed by atoms with Crippen LogP contribution in [-0.4, -0.2) is 39.0 Å². The lowest BCUT2D eigenvalue weighted by Crippen LogP contribution is -2.11. The minimum Gasteiger partial charge on any atom is -0.490 e. The van der Waals surface area contributed by atoms with E-state index in [-0.39, 0.29) is 18.2 Å². The van der Waals surface area contributed by atoms with Crippen LogP contribution in [0.4, 0.5) is 0 Å². The smallest absolute Gasteiger partial charge is 0.330 e. The fraction of sp³-hybridized carbons (Fsp3) is 0.526. The zero-order chi connectivity index (χ0) is 17.9. The van der Waals surface area contributed by atoms with Gasteiger partial charge in [0.25, 0.3) is 0 Å². The molecule has 0 aliphatic carbocycles. The molecule has 0 amide bonds. The van der Waals surface area contributed by atoms with Gasteiger partial charge in [-0.1, -0.05) is 12.1 Å². The van der Waals surface area contributed by atoms with Crippen LogP contribution in [0.2, 0.25) is 0 Å². The van der Waals surface area contributed by atoms with Gasteiger partial charge in [-0.3, -0.25) is 0 Å². The Balaban J connectivity index is 3.09. The number of carbonyl (C=O) groups excluding carboxylic acids is 1. The number of rotatable bonds is 10. The molecule has 0 radical (unpaired) electrons. The highest BCUT2D eigenvalue weighted by molar-refractivity contribution is 5.88. The Labute approximate surface area is 144 Å². The van der Waals surface area contributed by atoms with E-state index in [1.807, 2.05) is 39.0 Å². The number of ether oxygens (including phenoxy) is 4. The van der Waals surface area contributed by atoms with Crippen LogP contribution >= 0.6 is 0 Å². The summed E-state index contributed by atoms with van der Waals surface area (Å²) >= 11 is 0. The fourth-order valence-electron chi connectivity index (χ4n) is 2.19. The molecule has 0 aliphatic heterocycles. The first kappa shape index (κ1) is 20.2.